The molecule has 1 saturated heterocycles. The van der Waals surface area contributed by atoms with Crippen molar-refractivity contribution in [1.82, 2.24) is 14.9 Å². The lowest BCUT2D eigenvalue weighted by Gasteiger charge is -2.32. The molecular formula is C18H21N3O2. The summed E-state index contributed by atoms with van der Waals surface area (Å²) in [5.74, 6) is 1.19. The number of amides is 1. The van der Waals surface area contributed by atoms with Crippen molar-refractivity contribution in [3.05, 3.63) is 54.1 Å². The summed E-state index contributed by atoms with van der Waals surface area (Å²) in [4.78, 5) is 23.1. The number of hydrogen-bond donors (Lipinski definition) is 0. The number of para-hydroxylation sites is 1. The van der Waals surface area contributed by atoms with Crippen LogP contribution in [0.1, 0.15) is 30.0 Å². The molecule has 1 atom stereocenters. The number of piperidine rings is 1. The van der Waals surface area contributed by atoms with Crippen LogP contribution in [0.25, 0.3) is 0 Å². The molecule has 3 rings (SSSR count). The van der Waals surface area contributed by atoms with Gasteiger partial charge in [-0.05, 0) is 18.9 Å². The van der Waals surface area contributed by atoms with E-state index in [0.29, 0.717) is 13.0 Å². The van der Waals surface area contributed by atoms with E-state index in [4.69, 9.17) is 4.74 Å². The molecule has 2 heterocycles. The lowest BCUT2D eigenvalue weighted by Crippen LogP contribution is -2.40. The van der Waals surface area contributed by atoms with E-state index >= 15 is 0 Å². The van der Waals surface area contributed by atoms with Gasteiger partial charge in [0.1, 0.15) is 5.75 Å². The Labute approximate surface area is 136 Å². The number of carbonyl (C=O) groups excluding carboxylic acids is 1. The largest absolute Gasteiger partial charge is 0.496 e. The predicted molar refractivity (Wildman–Crippen MR) is 87.3 cm³/mol. The summed E-state index contributed by atoms with van der Waals surface area (Å²) < 4.78 is 5.33. The van der Waals surface area contributed by atoms with E-state index in [-0.39, 0.29) is 11.8 Å². The Morgan fingerprint density at radius 1 is 1.35 bits per heavy atom. The summed E-state index contributed by atoms with van der Waals surface area (Å²) in [5.41, 5.74) is 1.91. The summed E-state index contributed by atoms with van der Waals surface area (Å²) >= 11 is 0. The van der Waals surface area contributed by atoms with E-state index in [9.17, 15) is 4.79 Å². The fourth-order valence-electron chi connectivity index (χ4n) is 3.09. The smallest absolute Gasteiger partial charge is 0.227 e. The van der Waals surface area contributed by atoms with Gasteiger partial charge >= 0.3 is 0 Å². The third-order valence-corrected chi connectivity index (χ3v) is 4.31. The van der Waals surface area contributed by atoms with Crippen molar-refractivity contribution in [2.75, 3.05) is 20.2 Å². The zero-order valence-electron chi connectivity index (χ0n) is 13.3. The maximum absolute atomic E-state index is 12.6. The average Bonchev–Trinajstić information content (AvgIpc) is 2.63. The maximum atomic E-state index is 12.6. The molecule has 5 heteroatoms. The van der Waals surface area contributed by atoms with E-state index in [1.54, 1.807) is 25.7 Å². The van der Waals surface area contributed by atoms with Crippen LogP contribution in [0.4, 0.5) is 0 Å². The molecule has 1 aromatic carbocycles. The molecule has 1 aromatic heterocycles. The Kier molecular flexibility index (Phi) is 4.86. The van der Waals surface area contributed by atoms with Gasteiger partial charge < -0.3 is 9.64 Å². The number of ether oxygens (including phenoxy) is 1. The number of nitrogens with zero attached hydrogens (tertiary/aromatic N) is 3. The predicted octanol–water partition coefficient (Wildman–Crippen LogP) is 2.43. The zero-order chi connectivity index (χ0) is 16.1. The summed E-state index contributed by atoms with van der Waals surface area (Å²) in [6, 6.07) is 7.68. The first-order valence-electron chi connectivity index (χ1n) is 7.93. The molecule has 1 amide bonds. The van der Waals surface area contributed by atoms with Crippen LogP contribution in [0.5, 0.6) is 5.75 Å². The minimum Gasteiger partial charge on any atom is -0.496 e. The lowest BCUT2D eigenvalue weighted by molar-refractivity contribution is -0.131. The van der Waals surface area contributed by atoms with Crippen molar-refractivity contribution in [2.45, 2.75) is 25.2 Å². The van der Waals surface area contributed by atoms with Gasteiger partial charge in [-0.3, -0.25) is 14.8 Å². The van der Waals surface area contributed by atoms with E-state index < -0.39 is 0 Å². The Hall–Kier alpha value is -2.43. The van der Waals surface area contributed by atoms with Crippen LogP contribution >= 0.6 is 0 Å². The second kappa shape index (κ2) is 7.22. The topological polar surface area (TPSA) is 55.3 Å². The molecule has 2 aromatic rings. The monoisotopic (exact) mass is 311 g/mol. The van der Waals surface area contributed by atoms with Gasteiger partial charge in [-0.2, -0.15) is 0 Å². The van der Waals surface area contributed by atoms with Gasteiger partial charge in [0, 0.05) is 43.2 Å². The second-order valence-corrected chi connectivity index (χ2v) is 5.80. The maximum Gasteiger partial charge on any atom is 0.227 e. The van der Waals surface area contributed by atoms with Crippen LogP contribution in [0.15, 0.2) is 42.9 Å². The second-order valence-electron chi connectivity index (χ2n) is 5.80. The molecule has 0 unspecified atom stereocenters. The molecule has 23 heavy (non-hydrogen) atoms. The van der Waals surface area contributed by atoms with Crippen LogP contribution < -0.4 is 4.74 Å². The molecule has 0 saturated carbocycles. The van der Waals surface area contributed by atoms with Crippen molar-refractivity contribution in [1.29, 1.82) is 0 Å². The van der Waals surface area contributed by atoms with Crippen LogP contribution in [-0.4, -0.2) is 41.0 Å². The first kappa shape index (κ1) is 15.5. The van der Waals surface area contributed by atoms with E-state index in [2.05, 4.69) is 9.97 Å². The zero-order valence-corrected chi connectivity index (χ0v) is 13.3. The Balaban J connectivity index is 1.68. The molecule has 0 bridgehead atoms. The van der Waals surface area contributed by atoms with Crippen molar-refractivity contribution in [3.8, 4) is 5.75 Å². The first-order chi connectivity index (χ1) is 11.3. The molecule has 0 spiro atoms. The SMILES string of the molecule is COc1ccccc1CC(=O)N1CCC[C@H](c2cnccn2)C1. The highest BCUT2D eigenvalue weighted by Crippen LogP contribution is 2.26. The number of benzene rings is 1. The molecule has 1 aliphatic heterocycles. The molecule has 1 aliphatic rings. The third kappa shape index (κ3) is 3.67. The Morgan fingerprint density at radius 3 is 3.00 bits per heavy atom. The Bertz CT molecular complexity index is 660. The normalized spacial score (nSPS) is 17.8. The highest BCUT2D eigenvalue weighted by Gasteiger charge is 2.26. The summed E-state index contributed by atoms with van der Waals surface area (Å²) in [6.45, 7) is 1.53. The number of aromatic nitrogens is 2. The molecule has 5 nitrogen and oxygen atoms in total. The van der Waals surface area contributed by atoms with Gasteiger partial charge in [0.05, 0.1) is 19.2 Å². The molecule has 120 valence electrons. The van der Waals surface area contributed by atoms with Gasteiger partial charge in [0.2, 0.25) is 5.91 Å². The number of rotatable bonds is 4. The summed E-state index contributed by atoms with van der Waals surface area (Å²) in [6.07, 6.45) is 7.62. The van der Waals surface area contributed by atoms with Gasteiger partial charge in [-0.15, -0.1) is 0 Å². The third-order valence-electron chi connectivity index (χ3n) is 4.31. The summed E-state index contributed by atoms with van der Waals surface area (Å²) in [5, 5.41) is 0. The van der Waals surface area contributed by atoms with E-state index in [1.807, 2.05) is 29.2 Å². The fourth-order valence-corrected chi connectivity index (χ4v) is 3.09. The minimum atomic E-state index is 0.142. The highest BCUT2D eigenvalue weighted by atomic mass is 16.5. The number of likely N-dealkylation sites (tertiary alicyclic amines) is 1. The minimum absolute atomic E-state index is 0.142. The lowest BCUT2D eigenvalue weighted by atomic mass is 9.94. The standard InChI is InChI=1S/C18H21N3O2/c1-23-17-7-3-2-5-14(17)11-18(22)21-10-4-6-15(13-21)16-12-19-8-9-20-16/h2-3,5,7-9,12,15H,4,6,10-11,13H2,1H3/t15-/m0/s1. The van der Waals surface area contributed by atoms with Gasteiger partial charge in [-0.25, -0.2) is 0 Å². The van der Waals surface area contributed by atoms with Crippen molar-refractivity contribution < 1.29 is 9.53 Å². The highest BCUT2D eigenvalue weighted by molar-refractivity contribution is 5.79. The number of hydrogen-bond acceptors (Lipinski definition) is 4. The number of methoxy groups -OCH3 is 1. The van der Waals surface area contributed by atoms with Crippen LogP contribution in [-0.2, 0) is 11.2 Å². The molecule has 0 N–H and O–H groups in total. The van der Waals surface area contributed by atoms with Gasteiger partial charge in [0.15, 0.2) is 0 Å². The van der Waals surface area contributed by atoms with Crippen molar-refractivity contribution >= 4 is 5.91 Å². The van der Waals surface area contributed by atoms with Gasteiger partial charge in [0.25, 0.3) is 0 Å². The average molecular weight is 311 g/mol. The van der Waals surface area contributed by atoms with E-state index in [0.717, 1.165) is 36.4 Å². The quantitative estimate of drug-likeness (QED) is 0.870. The fraction of sp³-hybridized carbons (Fsp3) is 0.389. The first-order valence-corrected chi connectivity index (χ1v) is 7.93. The molecule has 0 aliphatic carbocycles. The van der Waals surface area contributed by atoms with Crippen molar-refractivity contribution in [2.24, 2.45) is 0 Å². The number of carbonyl (C=O) groups is 1. The molecule has 1 fully saturated rings. The van der Waals surface area contributed by atoms with Crippen LogP contribution in [0.2, 0.25) is 0 Å². The van der Waals surface area contributed by atoms with E-state index in [1.165, 1.54) is 0 Å². The van der Waals surface area contributed by atoms with Crippen LogP contribution in [0, 0.1) is 0 Å². The van der Waals surface area contributed by atoms with Crippen LogP contribution in [0.3, 0.4) is 0 Å². The van der Waals surface area contributed by atoms with Crippen molar-refractivity contribution in [3.63, 3.8) is 0 Å². The molecule has 0 radical (unpaired) electrons. The Morgan fingerprint density at radius 2 is 2.22 bits per heavy atom. The molecular weight excluding hydrogens is 290 g/mol. The van der Waals surface area contributed by atoms with Gasteiger partial charge in [-0.1, -0.05) is 18.2 Å². The summed E-state index contributed by atoms with van der Waals surface area (Å²) in [7, 11) is 1.63.